The smallest absolute Gasteiger partial charge is 0.169 e. The van der Waals surface area contributed by atoms with Gasteiger partial charge < -0.3 is 14.0 Å². The van der Waals surface area contributed by atoms with Crippen LogP contribution in [0, 0.1) is 0 Å². The van der Waals surface area contributed by atoms with E-state index in [2.05, 4.69) is 12.1 Å². The van der Waals surface area contributed by atoms with Crippen LogP contribution >= 0.6 is 23.2 Å². The number of carbonyl (C=O) groups is 1. The summed E-state index contributed by atoms with van der Waals surface area (Å²) in [5.41, 5.74) is 3.23. The molecular formula is C24H19Cl2NO4. The van der Waals surface area contributed by atoms with Crippen molar-refractivity contribution in [2.75, 3.05) is 6.61 Å². The topological polar surface area (TPSA) is 61.6 Å². The lowest BCUT2D eigenvalue weighted by Crippen LogP contribution is -1.98. The van der Waals surface area contributed by atoms with E-state index in [1.165, 1.54) is 0 Å². The number of rotatable bonds is 8. The number of aryl methyl sites for hydroxylation is 1. The van der Waals surface area contributed by atoms with Crippen molar-refractivity contribution in [1.82, 2.24) is 5.16 Å². The van der Waals surface area contributed by atoms with Crippen LogP contribution in [-0.2, 0) is 11.2 Å². The van der Waals surface area contributed by atoms with Gasteiger partial charge in [0.1, 0.15) is 29.5 Å². The normalized spacial score (nSPS) is 10.9. The summed E-state index contributed by atoms with van der Waals surface area (Å²) in [5, 5.41) is 6.01. The molecule has 0 saturated heterocycles. The number of nitrogens with zero attached hydrogens (tertiary/aromatic N) is 1. The first-order chi connectivity index (χ1) is 15.1. The van der Waals surface area contributed by atoms with E-state index in [1.807, 2.05) is 30.3 Å². The second-order valence-electron chi connectivity index (χ2n) is 6.92. The van der Waals surface area contributed by atoms with Gasteiger partial charge in [0.2, 0.25) is 0 Å². The van der Waals surface area contributed by atoms with Gasteiger partial charge in [0, 0.05) is 16.7 Å². The molecule has 4 aromatic rings. The lowest BCUT2D eigenvalue weighted by atomic mass is 9.98. The van der Waals surface area contributed by atoms with Crippen LogP contribution < -0.4 is 9.47 Å². The average molecular weight is 456 g/mol. The Bertz CT molecular complexity index is 1240. The maximum absolute atomic E-state index is 10.7. The molecule has 0 radical (unpaired) electrons. The number of hydrogen-bond donors (Lipinski definition) is 0. The molecule has 0 aliphatic rings. The fourth-order valence-electron chi connectivity index (χ4n) is 3.38. The molecule has 0 spiro atoms. The highest BCUT2D eigenvalue weighted by Gasteiger charge is 2.17. The number of carbonyl (C=O) groups excluding carboxylic acids is 1. The number of aromatic nitrogens is 1. The number of aldehydes is 1. The number of hydrogen-bond acceptors (Lipinski definition) is 5. The largest absolute Gasteiger partial charge is 0.485 e. The van der Waals surface area contributed by atoms with Gasteiger partial charge in [-0.3, -0.25) is 4.79 Å². The highest BCUT2D eigenvalue weighted by molar-refractivity contribution is 6.33. The molecule has 158 valence electrons. The van der Waals surface area contributed by atoms with E-state index < -0.39 is 0 Å². The molecule has 0 atom stereocenters. The summed E-state index contributed by atoms with van der Waals surface area (Å²) in [7, 11) is 0. The van der Waals surface area contributed by atoms with E-state index in [0.29, 0.717) is 44.9 Å². The fourth-order valence-corrected chi connectivity index (χ4v) is 3.76. The van der Waals surface area contributed by atoms with Crippen molar-refractivity contribution in [3.05, 3.63) is 70.2 Å². The van der Waals surface area contributed by atoms with Crippen molar-refractivity contribution in [2.45, 2.75) is 19.8 Å². The Kier molecular flexibility index (Phi) is 6.44. The molecule has 7 heteroatoms. The van der Waals surface area contributed by atoms with Gasteiger partial charge >= 0.3 is 0 Å². The molecule has 1 aromatic heterocycles. The SMILES string of the molecule is CCCc1cc(Oc2cccc(Cl)c2)ccc1-c1noc2cc(Cl)c(OCC=O)cc12. The predicted molar refractivity (Wildman–Crippen MR) is 122 cm³/mol. The minimum absolute atomic E-state index is 0.0809. The zero-order valence-electron chi connectivity index (χ0n) is 16.7. The van der Waals surface area contributed by atoms with Crippen LogP contribution in [0.25, 0.3) is 22.2 Å². The summed E-state index contributed by atoms with van der Waals surface area (Å²) in [5.74, 6) is 1.78. The zero-order chi connectivity index (χ0) is 21.8. The molecule has 3 aromatic carbocycles. The lowest BCUT2D eigenvalue weighted by Gasteiger charge is -2.12. The number of benzene rings is 3. The third-order valence-corrected chi connectivity index (χ3v) is 5.24. The van der Waals surface area contributed by atoms with Gasteiger partial charge in [0.05, 0.1) is 10.4 Å². The number of fused-ring (bicyclic) bond motifs is 1. The van der Waals surface area contributed by atoms with Crippen molar-refractivity contribution in [3.63, 3.8) is 0 Å². The van der Waals surface area contributed by atoms with Crippen LogP contribution in [0.4, 0.5) is 0 Å². The van der Waals surface area contributed by atoms with Gasteiger partial charge in [-0.25, -0.2) is 0 Å². The lowest BCUT2D eigenvalue weighted by molar-refractivity contribution is -0.109. The maximum Gasteiger partial charge on any atom is 0.169 e. The van der Waals surface area contributed by atoms with Gasteiger partial charge in [-0.05, 0) is 54.4 Å². The fraction of sp³-hybridized carbons (Fsp3) is 0.167. The third kappa shape index (κ3) is 4.68. The summed E-state index contributed by atoms with van der Waals surface area (Å²) in [6.07, 6.45) is 2.45. The van der Waals surface area contributed by atoms with Crippen molar-refractivity contribution >= 4 is 40.5 Å². The predicted octanol–water partition coefficient (Wildman–Crippen LogP) is 7.12. The van der Waals surface area contributed by atoms with E-state index in [4.69, 9.17) is 37.2 Å². The molecule has 0 N–H and O–H groups in total. The Morgan fingerprint density at radius 2 is 1.90 bits per heavy atom. The Balaban J connectivity index is 1.74. The van der Waals surface area contributed by atoms with E-state index in [9.17, 15) is 4.79 Å². The van der Waals surface area contributed by atoms with E-state index in [-0.39, 0.29) is 6.61 Å². The molecule has 1 heterocycles. The summed E-state index contributed by atoms with van der Waals surface area (Å²) in [4.78, 5) is 10.7. The summed E-state index contributed by atoms with van der Waals surface area (Å²) < 4.78 is 16.9. The van der Waals surface area contributed by atoms with Crippen LogP contribution in [0.1, 0.15) is 18.9 Å². The number of halogens is 2. The summed E-state index contributed by atoms with van der Waals surface area (Å²) >= 11 is 12.3. The van der Waals surface area contributed by atoms with Crippen molar-refractivity contribution < 1.29 is 18.8 Å². The number of ether oxygens (including phenoxy) is 2. The highest BCUT2D eigenvalue weighted by Crippen LogP contribution is 2.38. The maximum atomic E-state index is 10.7. The zero-order valence-corrected chi connectivity index (χ0v) is 18.2. The first-order valence-electron chi connectivity index (χ1n) is 9.81. The first-order valence-corrected chi connectivity index (χ1v) is 10.6. The van der Waals surface area contributed by atoms with E-state index in [0.717, 1.165) is 29.4 Å². The Hall–Kier alpha value is -3.02. The van der Waals surface area contributed by atoms with Crippen LogP contribution in [0.5, 0.6) is 17.2 Å². The minimum Gasteiger partial charge on any atom is -0.485 e. The van der Waals surface area contributed by atoms with E-state index >= 15 is 0 Å². The van der Waals surface area contributed by atoms with E-state index in [1.54, 1.807) is 24.3 Å². The second-order valence-corrected chi connectivity index (χ2v) is 7.76. The first kappa shape index (κ1) is 21.2. The molecule has 0 amide bonds. The monoisotopic (exact) mass is 455 g/mol. The molecule has 0 saturated carbocycles. The molecule has 5 nitrogen and oxygen atoms in total. The highest BCUT2D eigenvalue weighted by atomic mass is 35.5. The van der Waals surface area contributed by atoms with Gasteiger partial charge in [-0.15, -0.1) is 0 Å². The Morgan fingerprint density at radius 1 is 1.06 bits per heavy atom. The minimum atomic E-state index is -0.0809. The van der Waals surface area contributed by atoms with Crippen molar-refractivity contribution in [2.24, 2.45) is 0 Å². The van der Waals surface area contributed by atoms with Crippen LogP contribution in [0.2, 0.25) is 10.0 Å². The third-order valence-electron chi connectivity index (χ3n) is 4.71. The molecule has 31 heavy (non-hydrogen) atoms. The quantitative estimate of drug-likeness (QED) is 0.264. The molecule has 0 aliphatic carbocycles. The standard InChI is InChI=1S/C24H19Cl2NO4/c1-2-4-15-11-18(30-17-6-3-5-16(25)12-17)7-8-19(15)24-20-13-23(29-10-9-28)21(26)14-22(20)31-27-24/h3,5-9,11-14H,2,4,10H2,1H3. The van der Waals surface area contributed by atoms with Gasteiger partial charge in [-0.1, -0.05) is 47.8 Å². The van der Waals surface area contributed by atoms with Gasteiger partial charge in [-0.2, -0.15) is 0 Å². The molecule has 0 unspecified atom stereocenters. The Labute approximate surface area is 189 Å². The average Bonchev–Trinajstić information content (AvgIpc) is 3.15. The van der Waals surface area contributed by atoms with Crippen molar-refractivity contribution in [1.29, 1.82) is 0 Å². The second kappa shape index (κ2) is 9.41. The Morgan fingerprint density at radius 3 is 2.68 bits per heavy atom. The summed E-state index contributed by atoms with van der Waals surface area (Å²) in [6, 6.07) is 16.5. The molecular weight excluding hydrogens is 437 g/mol. The summed E-state index contributed by atoms with van der Waals surface area (Å²) in [6.45, 7) is 2.03. The molecule has 0 fully saturated rings. The van der Waals surface area contributed by atoms with Gasteiger partial charge in [0.25, 0.3) is 0 Å². The molecule has 0 bridgehead atoms. The van der Waals surface area contributed by atoms with Crippen LogP contribution in [0.3, 0.4) is 0 Å². The molecule has 0 aliphatic heterocycles. The molecule has 4 rings (SSSR count). The van der Waals surface area contributed by atoms with Crippen LogP contribution in [-0.4, -0.2) is 18.0 Å². The van der Waals surface area contributed by atoms with Crippen LogP contribution in [0.15, 0.2) is 59.1 Å². The van der Waals surface area contributed by atoms with Crippen molar-refractivity contribution in [3.8, 4) is 28.5 Å². The van der Waals surface area contributed by atoms with Gasteiger partial charge in [0.15, 0.2) is 11.9 Å².